The Labute approximate surface area is 285 Å². The number of carbonyl (C=O) groups excluding carboxylic acids is 2. The van der Waals surface area contributed by atoms with E-state index in [0.717, 1.165) is 64.2 Å². The quantitative estimate of drug-likeness (QED) is 0.181. The molecule has 47 heavy (non-hydrogen) atoms. The van der Waals surface area contributed by atoms with Crippen LogP contribution in [0.15, 0.2) is 106 Å². The lowest BCUT2D eigenvalue weighted by atomic mass is 9.46. The molecule has 0 aliphatic heterocycles. The van der Waals surface area contributed by atoms with Gasteiger partial charge in [-0.05, 0) is 142 Å². The Balaban J connectivity index is 1.06. The van der Waals surface area contributed by atoms with Crippen LogP contribution < -0.4 is 0 Å². The van der Waals surface area contributed by atoms with Gasteiger partial charge in [0.1, 0.15) is 0 Å². The van der Waals surface area contributed by atoms with E-state index in [1.165, 1.54) is 45.4 Å². The molecule has 1 spiro atoms. The summed E-state index contributed by atoms with van der Waals surface area (Å²) in [4.78, 5) is 27.9. The highest BCUT2D eigenvalue weighted by molar-refractivity contribution is 6.20. The third kappa shape index (κ3) is 6.99. The van der Waals surface area contributed by atoms with Crippen molar-refractivity contribution in [2.45, 2.75) is 126 Å². The van der Waals surface area contributed by atoms with Crippen molar-refractivity contribution in [1.29, 1.82) is 0 Å². The predicted molar refractivity (Wildman–Crippen MR) is 199 cm³/mol. The summed E-state index contributed by atoms with van der Waals surface area (Å²) in [5, 5.41) is 0. The molecule has 1 fully saturated rings. The molecule has 0 aromatic heterocycles. The van der Waals surface area contributed by atoms with E-state index >= 15 is 0 Å². The van der Waals surface area contributed by atoms with Crippen molar-refractivity contribution < 1.29 is 9.59 Å². The van der Waals surface area contributed by atoms with Gasteiger partial charge in [-0.3, -0.25) is 9.59 Å². The Bertz CT molecular complexity index is 1600. The first kappa shape index (κ1) is 35.1. The molecule has 0 heterocycles. The molecule has 4 atom stereocenters. The summed E-state index contributed by atoms with van der Waals surface area (Å²) in [7, 11) is 0. The number of benzene rings is 1. The maximum atomic E-state index is 14.1. The summed E-state index contributed by atoms with van der Waals surface area (Å²) in [5.74, 6) is 0.735. The van der Waals surface area contributed by atoms with Gasteiger partial charge in [-0.25, -0.2) is 0 Å². The SMILES string of the molecule is CC(C)=CCC/C(C)=C/CC/C(C)=C/CC/C(C)=C/CC/C(C)=C/CCC1=CCC23C(=O)c4ccccc4C(=O)C2(C)[C@@H]2C=C1[C@H]3C2. The molecule has 0 N–H and O–H groups in total. The van der Waals surface area contributed by atoms with E-state index in [2.05, 4.69) is 91.0 Å². The molecule has 2 nitrogen and oxygen atoms in total. The second kappa shape index (κ2) is 14.9. The molecule has 1 saturated carbocycles. The van der Waals surface area contributed by atoms with Crippen LogP contribution in [0.25, 0.3) is 0 Å². The summed E-state index contributed by atoms with van der Waals surface area (Å²) >= 11 is 0. The van der Waals surface area contributed by atoms with Gasteiger partial charge in [0.25, 0.3) is 0 Å². The van der Waals surface area contributed by atoms with Gasteiger partial charge in [0, 0.05) is 11.1 Å². The normalized spacial score (nSPS) is 27.0. The molecule has 250 valence electrons. The Kier molecular flexibility index (Phi) is 11.1. The van der Waals surface area contributed by atoms with Crippen molar-refractivity contribution in [3.05, 3.63) is 117 Å². The number of allylic oxidation sites excluding steroid dienone is 14. The first-order valence-electron chi connectivity index (χ1n) is 18.3. The molecule has 4 aliphatic rings. The second-order valence-corrected chi connectivity index (χ2v) is 15.5. The minimum absolute atomic E-state index is 0.164. The number of hydrogen-bond donors (Lipinski definition) is 0. The van der Waals surface area contributed by atoms with E-state index < -0.39 is 10.8 Å². The summed E-state index contributed by atoms with van der Waals surface area (Å²) < 4.78 is 0. The van der Waals surface area contributed by atoms with Crippen LogP contribution in [0.3, 0.4) is 0 Å². The fraction of sp³-hybridized carbons (Fsp3) is 0.511. The third-order valence-electron chi connectivity index (χ3n) is 11.9. The molecule has 0 amide bonds. The molecule has 2 bridgehead atoms. The van der Waals surface area contributed by atoms with Crippen molar-refractivity contribution >= 4 is 11.6 Å². The monoisotopic (exact) mass is 630 g/mol. The van der Waals surface area contributed by atoms with Gasteiger partial charge >= 0.3 is 0 Å². The van der Waals surface area contributed by atoms with Gasteiger partial charge in [-0.1, -0.05) is 102 Å². The number of ketones is 2. The largest absolute Gasteiger partial charge is 0.293 e. The van der Waals surface area contributed by atoms with Crippen LogP contribution in [0.2, 0.25) is 0 Å². The van der Waals surface area contributed by atoms with Gasteiger partial charge in [0.2, 0.25) is 0 Å². The predicted octanol–water partition coefficient (Wildman–Crippen LogP) is 12.6. The maximum absolute atomic E-state index is 14.1. The van der Waals surface area contributed by atoms with E-state index in [1.807, 2.05) is 24.3 Å². The molecule has 0 radical (unpaired) electrons. The number of Topliss-reactive ketones (excluding diaryl/α,β-unsaturated/α-hetero) is 2. The molecular weight excluding hydrogens is 572 g/mol. The lowest BCUT2D eigenvalue weighted by Crippen LogP contribution is -2.58. The lowest BCUT2D eigenvalue weighted by Gasteiger charge is -2.53. The van der Waals surface area contributed by atoms with Crippen molar-refractivity contribution in [3.8, 4) is 0 Å². The van der Waals surface area contributed by atoms with Crippen molar-refractivity contribution in [1.82, 2.24) is 0 Å². The number of hydrogen-bond acceptors (Lipinski definition) is 2. The van der Waals surface area contributed by atoms with Crippen LogP contribution in [0.5, 0.6) is 0 Å². The van der Waals surface area contributed by atoms with Crippen LogP contribution in [-0.4, -0.2) is 11.6 Å². The van der Waals surface area contributed by atoms with E-state index in [-0.39, 0.29) is 23.4 Å². The molecule has 1 aromatic rings. The second-order valence-electron chi connectivity index (χ2n) is 15.5. The highest BCUT2D eigenvalue weighted by atomic mass is 16.1. The molecule has 1 aromatic carbocycles. The van der Waals surface area contributed by atoms with Gasteiger partial charge in [-0.2, -0.15) is 0 Å². The summed E-state index contributed by atoms with van der Waals surface area (Å²) in [6, 6.07) is 7.52. The Morgan fingerprint density at radius 3 is 1.72 bits per heavy atom. The molecule has 5 rings (SSSR count). The third-order valence-corrected chi connectivity index (χ3v) is 11.9. The maximum Gasteiger partial charge on any atom is 0.171 e. The topological polar surface area (TPSA) is 34.1 Å². The fourth-order valence-corrected chi connectivity index (χ4v) is 9.04. The lowest BCUT2D eigenvalue weighted by molar-refractivity contribution is 0.0215. The zero-order valence-corrected chi connectivity index (χ0v) is 30.3. The Hall–Kier alpha value is -3.26. The van der Waals surface area contributed by atoms with Gasteiger partial charge in [-0.15, -0.1) is 0 Å². The van der Waals surface area contributed by atoms with E-state index in [9.17, 15) is 9.59 Å². The van der Waals surface area contributed by atoms with Crippen LogP contribution >= 0.6 is 0 Å². The van der Waals surface area contributed by atoms with Gasteiger partial charge in [0.05, 0.1) is 10.8 Å². The van der Waals surface area contributed by atoms with Crippen LogP contribution in [-0.2, 0) is 0 Å². The molecule has 0 saturated heterocycles. The van der Waals surface area contributed by atoms with Crippen molar-refractivity contribution in [3.63, 3.8) is 0 Å². The molecular formula is C45H58O2. The molecule has 4 aliphatic carbocycles. The van der Waals surface area contributed by atoms with E-state index in [1.54, 1.807) is 0 Å². The fourth-order valence-electron chi connectivity index (χ4n) is 9.04. The van der Waals surface area contributed by atoms with Crippen molar-refractivity contribution in [2.24, 2.45) is 22.7 Å². The van der Waals surface area contributed by atoms with Gasteiger partial charge < -0.3 is 0 Å². The van der Waals surface area contributed by atoms with Crippen LogP contribution in [0.1, 0.15) is 146 Å². The van der Waals surface area contributed by atoms with E-state index in [4.69, 9.17) is 0 Å². The number of rotatable bonds is 15. The average molecular weight is 631 g/mol. The number of carbonyl (C=O) groups is 2. The molecule has 2 heteroatoms. The first-order chi connectivity index (χ1) is 22.5. The minimum atomic E-state index is -0.617. The standard InChI is InChI=1S/C45H58O2/c1-31(2)15-10-16-32(3)17-11-18-33(4)19-12-20-34(5)21-13-22-35(6)23-14-24-36-27-28-45-41-30-37(29-40(36)41)44(45,7)42(46)38-25-8-9-26-39(38)43(45)47/h8-9,15,17,19,21,23,25-27,29,37,41H,10-14,16,18,20,22,24,28,30H2,1-7H3/b32-17+,33-19+,34-21+,35-23+/t37-,41-,44?,45?/m1/s1. The smallest absolute Gasteiger partial charge is 0.171 e. The van der Waals surface area contributed by atoms with Crippen LogP contribution in [0, 0.1) is 22.7 Å². The minimum Gasteiger partial charge on any atom is -0.293 e. The summed E-state index contributed by atoms with van der Waals surface area (Å²) in [6.45, 7) is 15.5. The average Bonchev–Trinajstić information content (AvgIpc) is 3.60. The Morgan fingerprint density at radius 1 is 0.702 bits per heavy atom. The summed E-state index contributed by atoms with van der Waals surface area (Å²) in [5.41, 5.74) is 10.2. The number of fused-ring (bicyclic) bond motifs is 3. The van der Waals surface area contributed by atoms with Crippen LogP contribution in [0.4, 0.5) is 0 Å². The van der Waals surface area contributed by atoms with Crippen molar-refractivity contribution in [2.75, 3.05) is 0 Å². The zero-order valence-electron chi connectivity index (χ0n) is 30.3. The summed E-state index contributed by atoms with van der Waals surface area (Å²) in [6.07, 6.45) is 29.5. The van der Waals surface area contributed by atoms with E-state index in [0.29, 0.717) is 17.5 Å². The zero-order chi connectivity index (χ0) is 33.8. The first-order valence-corrected chi connectivity index (χ1v) is 18.3. The van der Waals surface area contributed by atoms with Gasteiger partial charge in [0.15, 0.2) is 11.6 Å². The highest BCUT2D eigenvalue weighted by Crippen LogP contribution is 2.73. The highest BCUT2D eigenvalue weighted by Gasteiger charge is 2.74. The molecule has 2 unspecified atom stereocenters. The Morgan fingerprint density at radius 2 is 1.19 bits per heavy atom.